The maximum Gasteiger partial charge on any atom is 0.194 e. The molecule has 2 aliphatic carbocycles. The van der Waals surface area contributed by atoms with Crippen LogP contribution in [0.1, 0.15) is 47.0 Å². The quantitative estimate of drug-likeness (QED) is 0.819. The normalized spacial score (nSPS) is 34.0. The zero-order valence-electron chi connectivity index (χ0n) is 13.5. The first-order chi connectivity index (χ1) is 9.77. The van der Waals surface area contributed by atoms with Gasteiger partial charge >= 0.3 is 0 Å². The Labute approximate surface area is 128 Å². The Morgan fingerprint density at radius 1 is 1.19 bits per heavy atom. The molecule has 3 nitrogen and oxygen atoms in total. The summed E-state index contributed by atoms with van der Waals surface area (Å²) in [6.45, 7) is 8.47. The molecule has 4 unspecified atom stereocenters. The van der Waals surface area contributed by atoms with E-state index in [1.807, 2.05) is 18.2 Å². The van der Waals surface area contributed by atoms with Crippen LogP contribution in [0.5, 0.6) is 5.75 Å². The minimum absolute atomic E-state index is 0.0313. The van der Waals surface area contributed by atoms with E-state index >= 15 is 0 Å². The molecule has 2 N–H and O–H groups in total. The van der Waals surface area contributed by atoms with Gasteiger partial charge < -0.3 is 14.9 Å². The maximum atomic E-state index is 9.81. The van der Waals surface area contributed by atoms with Crippen molar-refractivity contribution in [2.24, 2.45) is 16.7 Å². The molecule has 1 aromatic carbocycles. The van der Waals surface area contributed by atoms with E-state index in [1.54, 1.807) is 19.1 Å². The van der Waals surface area contributed by atoms with E-state index in [0.717, 1.165) is 12.3 Å². The number of hydrogen-bond acceptors (Lipinski definition) is 3. The smallest absolute Gasteiger partial charge is 0.194 e. The molecule has 21 heavy (non-hydrogen) atoms. The van der Waals surface area contributed by atoms with E-state index in [4.69, 9.17) is 9.84 Å². The molecule has 2 fully saturated rings. The summed E-state index contributed by atoms with van der Waals surface area (Å²) in [7, 11) is 0. The number of fused-ring (bicyclic) bond motifs is 2. The molecule has 0 radical (unpaired) electrons. The van der Waals surface area contributed by atoms with Crippen LogP contribution in [0, 0.1) is 16.7 Å². The molecule has 0 amide bonds. The van der Waals surface area contributed by atoms with Gasteiger partial charge in [-0.05, 0) is 55.1 Å². The SMILES string of the molecule is CC(O)Oc1ccccc1.CC1(C)C2CCC1(C)C(O)C2. The predicted octanol–water partition coefficient (Wildman–Crippen LogP) is 3.60. The number of aliphatic hydroxyl groups is 2. The summed E-state index contributed by atoms with van der Waals surface area (Å²) in [6.07, 6.45) is 2.84. The zero-order valence-corrected chi connectivity index (χ0v) is 13.5. The van der Waals surface area contributed by atoms with E-state index in [9.17, 15) is 5.11 Å². The van der Waals surface area contributed by atoms with Crippen molar-refractivity contribution < 1.29 is 14.9 Å². The Hall–Kier alpha value is -1.06. The summed E-state index contributed by atoms with van der Waals surface area (Å²) < 4.78 is 4.97. The van der Waals surface area contributed by atoms with Gasteiger partial charge in [-0.25, -0.2) is 0 Å². The lowest BCUT2D eigenvalue weighted by atomic mass is 9.70. The van der Waals surface area contributed by atoms with Gasteiger partial charge in [-0.15, -0.1) is 0 Å². The van der Waals surface area contributed by atoms with Crippen molar-refractivity contribution in [2.45, 2.75) is 59.4 Å². The number of aliphatic hydroxyl groups excluding tert-OH is 2. The van der Waals surface area contributed by atoms with Crippen LogP contribution in [0.15, 0.2) is 30.3 Å². The molecular weight excluding hydrogens is 264 g/mol. The topological polar surface area (TPSA) is 49.7 Å². The summed E-state index contributed by atoms with van der Waals surface area (Å²) >= 11 is 0. The molecule has 4 atom stereocenters. The zero-order chi connectivity index (χ0) is 15.7. The predicted molar refractivity (Wildman–Crippen MR) is 84.0 cm³/mol. The number of benzene rings is 1. The van der Waals surface area contributed by atoms with Gasteiger partial charge in [-0.2, -0.15) is 0 Å². The van der Waals surface area contributed by atoms with Crippen LogP contribution in [-0.4, -0.2) is 22.6 Å². The van der Waals surface area contributed by atoms with Crippen molar-refractivity contribution in [3.63, 3.8) is 0 Å². The van der Waals surface area contributed by atoms with Gasteiger partial charge in [0.2, 0.25) is 0 Å². The largest absolute Gasteiger partial charge is 0.465 e. The fourth-order valence-corrected chi connectivity index (χ4v) is 3.86. The van der Waals surface area contributed by atoms with Crippen LogP contribution in [-0.2, 0) is 0 Å². The third-order valence-electron chi connectivity index (χ3n) is 5.80. The van der Waals surface area contributed by atoms with Crippen molar-refractivity contribution >= 4 is 0 Å². The second-order valence-electron chi connectivity index (χ2n) is 7.16. The van der Waals surface area contributed by atoms with Crippen LogP contribution in [0.3, 0.4) is 0 Å². The van der Waals surface area contributed by atoms with Crippen molar-refractivity contribution in [1.82, 2.24) is 0 Å². The number of ether oxygens (including phenoxy) is 1. The summed E-state index contributed by atoms with van der Waals surface area (Å²) in [5.74, 6) is 1.47. The molecule has 3 heteroatoms. The first-order valence-electron chi connectivity index (χ1n) is 7.85. The monoisotopic (exact) mass is 292 g/mol. The van der Waals surface area contributed by atoms with E-state index < -0.39 is 6.29 Å². The first-order valence-corrected chi connectivity index (χ1v) is 7.85. The van der Waals surface area contributed by atoms with Gasteiger partial charge in [-0.3, -0.25) is 0 Å². The fourth-order valence-electron chi connectivity index (χ4n) is 3.86. The minimum atomic E-state index is -0.734. The van der Waals surface area contributed by atoms with Crippen molar-refractivity contribution in [3.05, 3.63) is 30.3 Å². The highest BCUT2D eigenvalue weighted by atomic mass is 16.6. The summed E-state index contributed by atoms with van der Waals surface area (Å²) in [5.41, 5.74) is 0.601. The van der Waals surface area contributed by atoms with Gasteiger partial charge in [0.1, 0.15) is 5.75 Å². The molecule has 0 spiro atoms. The highest BCUT2D eigenvalue weighted by molar-refractivity contribution is 5.20. The summed E-state index contributed by atoms with van der Waals surface area (Å²) in [4.78, 5) is 0. The summed E-state index contributed by atoms with van der Waals surface area (Å²) in [5, 5.41) is 18.6. The second kappa shape index (κ2) is 5.98. The highest BCUT2D eigenvalue weighted by Gasteiger charge is 2.60. The van der Waals surface area contributed by atoms with E-state index in [1.165, 1.54) is 12.8 Å². The summed E-state index contributed by atoms with van der Waals surface area (Å²) in [6, 6.07) is 9.21. The minimum Gasteiger partial charge on any atom is -0.465 e. The number of rotatable bonds is 2. The molecular formula is C18H28O3. The number of hydrogen-bond donors (Lipinski definition) is 2. The van der Waals surface area contributed by atoms with Gasteiger partial charge in [-0.1, -0.05) is 39.0 Å². The molecule has 2 bridgehead atoms. The van der Waals surface area contributed by atoms with Gasteiger partial charge in [0.15, 0.2) is 6.29 Å². The first kappa shape index (κ1) is 16.3. The van der Waals surface area contributed by atoms with Gasteiger partial charge in [0.05, 0.1) is 6.10 Å². The van der Waals surface area contributed by atoms with Crippen LogP contribution in [0.2, 0.25) is 0 Å². The number of para-hydroxylation sites is 1. The Morgan fingerprint density at radius 2 is 1.81 bits per heavy atom. The molecule has 0 aromatic heterocycles. The van der Waals surface area contributed by atoms with E-state index in [0.29, 0.717) is 11.2 Å². The van der Waals surface area contributed by atoms with Gasteiger partial charge in [0, 0.05) is 0 Å². The lowest BCUT2D eigenvalue weighted by Gasteiger charge is -2.36. The molecule has 118 valence electrons. The average Bonchev–Trinajstić information content (AvgIpc) is 2.73. The molecule has 2 aliphatic rings. The van der Waals surface area contributed by atoms with Gasteiger partial charge in [0.25, 0.3) is 0 Å². The van der Waals surface area contributed by atoms with Crippen LogP contribution >= 0.6 is 0 Å². The molecule has 0 saturated heterocycles. The highest BCUT2D eigenvalue weighted by Crippen LogP contribution is 2.65. The van der Waals surface area contributed by atoms with Crippen molar-refractivity contribution in [2.75, 3.05) is 0 Å². The standard InChI is InChI=1S/C10H18O.C8H10O2/c1-9(2)7-4-5-10(9,3)8(11)6-7;1-7(9)10-8-5-3-2-4-6-8/h7-8,11H,4-6H2,1-3H3;2-7,9H,1H3. The Kier molecular flexibility index (Phi) is 4.64. The lowest BCUT2D eigenvalue weighted by Crippen LogP contribution is -2.35. The van der Waals surface area contributed by atoms with Crippen LogP contribution in [0.4, 0.5) is 0 Å². The molecule has 1 aromatic rings. The Balaban J connectivity index is 0.000000155. The van der Waals surface area contributed by atoms with Crippen LogP contribution < -0.4 is 4.74 Å². The maximum absolute atomic E-state index is 9.81. The molecule has 0 aliphatic heterocycles. The van der Waals surface area contributed by atoms with Crippen molar-refractivity contribution in [1.29, 1.82) is 0 Å². The molecule has 3 rings (SSSR count). The average molecular weight is 292 g/mol. The third-order valence-corrected chi connectivity index (χ3v) is 5.80. The van der Waals surface area contributed by atoms with Crippen LogP contribution in [0.25, 0.3) is 0 Å². The third kappa shape index (κ3) is 3.09. The Morgan fingerprint density at radius 3 is 2.14 bits per heavy atom. The molecule has 2 saturated carbocycles. The van der Waals surface area contributed by atoms with Crippen molar-refractivity contribution in [3.8, 4) is 5.75 Å². The lowest BCUT2D eigenvalue weighted by molar-refractivity contribution is -0.000294. The van der Waals surface area contributed by atoms with E-state index in [2.05, 4.69) is 20.8 Å². The van der Waals surface area contributed by atoms with E-state index in [-0.39, 0.29) is 11.5 Å². The molecule has 0 heterocycles. The Bertz CT molecular complexity index is 455. The fraction of sp³-hybridized carbons (Fsp3) is 0.667. The second-order valence-corrected chi connectivity index (χ2v) is 7.16.